The van der Waals surface area contributed by atoms with Crippen LogP contribution in [0.15, 0.2) is 41.7 Å². The number of rotatable bonds is 5. The van der Waals surface area contributed by atoms with E-state index in [0.717, 1.165) is 10.6 Å². The minimum atomic E-state index is -1.02. The second kappa shape index (κ2) is 6.19. The molecular weight excluding hydrogens is 262 g/mol. The van der Waals surface area contributed by atoms with Gasteiger partial charge in [0, 0.05) is 16.8 Å². The van der Waals surface area contributed by atoms with Crippen molar-refractivity contribution in [2.75, 3.05) is 11.6 Å². The van der Waals surface area contributed by atoms with Crippen molar-refractivity contribution in [1.29, 1.82) is 0 Å². The first-order valence-electron chi connectivity index (χ1n) is 5.61. The van der Waals surface area contributed by atoms with E-state index >= 15 is 0 Å². The Bertz CT molecular complexity index is 590. The minimum absolute atomic E-state index is 0.121. The predicted octanol–water partition coefficient (Wildman–Crippen LogP) is 2.51. The third-order valence-corrected chi connectivity index (χ3v) is 3.28. The van der Waals surface area contributed by atoms with E-state index in [1.165, 1.54) is 12.5 Å². The van der Waals surface area contributed by atoms with Crippen LogP contribution in [0.3, 0.4) is 0 Å². The summed E-state index contributed by atoms with van der Waals surface area (Å²) >= 11 is 1.65. The van der Waals surface area contributed by atoms with Gasteiger partial charge in [-0.1, -0.05) is 6.07 Å². The molecule has 2 aromatic rings. The van der Waals surface area contributed by atoms with E-state index in [0.29, 0.717) is 12.2 Å². The highest BCUT2D eigenvalue weighted by Crippen LogP contribution is 2.19. The van der Waals surface area contributed by atoms with Gasteiger partial charge in [0.15, 0.2) is 0 Å². The molecule has 1 heterocycles. The van der Waals surface area contributed by atoms with Crippen LogP contribution in [0.5, 0.6) is 0 Å². The summed E-state index contributed by atoms with van der Waals surface area (Å²) < 4.78 is 0. The van der Waals surface area contributed by atoms with E-state index in [-0.39, 0.29) is 5.56 Å². The Kier molecular flexibility index (Phi) is 4.35. The van der Waals surface area contributed by atoms with Gasteiger partial charge in [-0.3, -0.25) is 0 Å². The van der Waals surface area contributed by atoms with Crippen LogP contribution in [-0.4, -0.2) is 27.3 Å². The number of aromatic nitrogens is 2. The molecule has 0 saturated heterocycles. The molecule has 0 atom stereocenters. The third kappa shape index (κ3) is 3.45. The van der Waals surface area contributed by atoms with Gasteiger partial charge in [-0.15, -0.1) is 11.8 Å². The van der Waals surface area contributed by atoms with Crippen LogP contribution in [-0.2, 0) is 6.54 Å². The van der Waals surface area contributed by atoms with Gasteiger partial charge in [0.2, 0.25) is 0 Å². The number of carboxylic acid groups (broad SMARTS) is 1. The minimum Gasteiger partial charge on any atom is -0.478 e. The van der Waals surface area contributed by atoms with Gasteiger partial charge in [0.25, 0.3) is 0 Å². The molecule has 2 N–H and O–H groups in total. The fourth-order valence-electron chi connectivity index (χ4n) is 1.59. The molecule has 0 bridgehead atoms. The molecule has 19 heavy (non-hydrogen) atoms. The summed E-state index contributed by atoms with van der Waals surface area (Å²) in [7, 11) is 0. The Hall–Kier alpha value is -2.08. The standard InChI is InChI=1S/C13H13N3O2S/c1-19-10-4-2-3-9(5-10)15-7-12-11(13(17)18)6-14-8-16-12/h2-6,8,15H,7H2,1H3,(H,17,18). The van der Waals surface area contributed by atoms with Crippen LogP contribution in [0.4, 0.5) is 5.69 Å². The van der Waals surface area contributed by atoms with Gasteiger partial charge in [-0.05, 0) is 24.5 Å². The third-order valence-electron chi connectivity index (χ3n) is 2.55. The smallest absolute Gasteiger partial charge is 0.339 e. The maximum absolute atomic E-state index is 11.0. The lowest BCUT2D eigenvalue weighted by atomic mass is 10.2. The van der Waals surface area contributed by atoms with Crippen molar-refractivity contribution in [3.8, 4) is 0 Å². The number of hydrogen-bond acceptors (Lipinski definition) is 5. The van der Waals surface area contributed by atoms with Crippen LogP contribution in [0.1, 0.15) is 16.1 Å². The number of anilines is 1. The van der Waals surface area contributed by atoms with Gasteiger partial charge < -0.3 is 10.4 Å². The fraction of sp³-hybridized carbons (Fsp3) is 0.154. The molecule has 98 valence electrons. The Labute approximate surface area is 115 Å². The molecule has 0 aliphatic heterocycles. The molecule has 0 aliphatic rings. The molecule has 0 unspecified atom stereocenters. The second-order valence-corrected chi connectivity index (χ2v) is 4.65. The molecule has 2 rings (SSSR count). The van der Waals surface area contributed by atoms with Crippen LogP contribution in [0, 0.1) is 0 Å². The summed E-state index contributed by atoms with van der Waals surface area (Å²) in [6, 6.07) is 7.91. The first-order valence-corrected chi connectivity index (χ1v) is 6.83. The molecule has 5 nitrogen and oxygen atoms in total. The first kappa shape index (κ1) is 13.4. The predicted molar refractivity (Wildman–Crippen MR) is 74.5 cm³/mol. The van der Waals surface area contributed by atoms with Crippen molar-refractivity contribution in [3.05, 3.63) is 48.0 Å². The van der Waals surface area contributed by atoms with E-state index in [9.17, 15) is 4.79 Å². The molecule has 0 aliphatic carbocycles. The Morgan fingerprint density at radius 3 is 3.05 bits per heavy atom. The molecule has 0 spiro atoms. The van der Waals surface area contributed by atoms with Crippen molar-refractivity contribution in [2.24, 2.45) is 0 Å². The van der Waals surface area contributed by atoms with Crippen molar-refractivity contribution >= 4 is 23.4 Å². The summed E-state index contributed by atoms with van der Waals surface area (Å²) in [5.41, 5.74) is 1.52. The highest BCUT2D eigenvalue weighted by Gasteiger charge is 2.10. The maximum Gasteiger partial charge on any atom is 0.339 e. The van der Waals surface area contributed by atoms with Crippen molar-refractivity contribution in [1.82, 2.24) is 9.97 Å². The van der Waals surface area contributed by atoms with Crippen LogP contribution in [0.2, 0.25) is 0 Å². The average molecular weight is 275 g/mol. The normalized spacial score (nSPS) is 10.2. The first-order chi connectivity index (χ1) is 9.20. The number of aromatic carboxylic acids is 1. The molecule has 6 heteroatoms. The summed E-state index contributed by atoms with van der Waals surface area (Å²) in [5, 5.41) is 12.2. The molecule has 1 aromatic carbocycles. The van der Waals surface area contributed by atoms with Crippen LogP contribution in [0.25, 0.3) is 0 Å². The summed E-state index contributed by atoms with van der Waals surface area (Å²) in [6.07, 6.45) is 4.67. The van der Waals surface area contributed by atoms with E-state index in [2.05, 4.69) is 15.3 Å². The summed E-state index contributed by atoms with van der Waals surface area (Å²) in [5.74, 6) is -1.02. The number of hydrogen-bond donors (Lipinski definition) is 2. The monoisotopic (exact) mass is 275 g/mol. The molecular formula is C13H13N3O2S. The molecule has 0 amide bonds. The SMILES string of the molecule is CSc1cccc(NCc2ncncc2C(=O)O)c1. The van der Waals surface area contributed by atoms with Gasteiger partial charge in [0.1, 0.15) is 11.9 Å². The molecule has 1 aromatic heterocycles. The molecule has 0 radical (unpaired) electrons. The van der Waals surface area contributed by atoms with Gasteiger partial charge >= 0.3 is 5.97 Å². The lowest BCUT2D eigenvalue weighted by Gasteiger charge is -2.08. The topological polar surface area (TPSA) is 75.1 Å². The maximum atomic E-state index is 11.0. The zero-order valence-electron chi connectivity index (χ0n) is 10.3. The number of carbonyl (C=O) groups is 1. The summed E-state index contributed by atoms with van der Waals surface area (Å²) in [6.45, 7) is 0.349. The highest BCUT2D eigenvalue weighted by molar-refractivity contribution is 7.98. The molecule has 0 saturated carbocycles. The van der Waals surface area contributed by atoms with E-state index in [1.54, 1.807) is 11.8 Å². The van der Waals surface area contributed by atoms with Crippen molar-refractivity contribution in [3.63, 3.8) is 0 Å². The van der Waals surface area contributed by atoms with Crippen molar-refractivity contribution in [2.45, 2.75) is 11.4 Å². The number of benzene rings is 1. The Morgan fingerprint density at radius 2 is 2.32 bits per heavy atom. The van der Waals surface area contributed by atoms with Crippen molar-refractivity contribution < 1.29 is 9.90 Å². The zero-order valence-corrected chi connectivity index (χ0v) is 11.1. The van der Waals surface area contributed by atoms with Gasteiger partial charge in [-0.25, -0.2) is 14.8 Å². The lowest BCUT2D eigenvalue weighted by Crippen LogP contribution is -2.10. The lowest BCUT2D eigenvalue weighted by molar-refractivity contribution is 0.0694. The van der Waals surface area contributed by atoms with E-state index < -0.39 is 5.97 Å². The Balaban J connectivity index is 2.12. The number of nitrogens with zero attached hydrogens (tertiary/aromatic N) is 2. The summed E-state index contributed by atoms with van der Waals surface area (Å²) in [4.78, 5) is 19.9. The largest absolute Gasteiger partial charge is 0.478 e. The zero-order chi connectivity index (χ0) is 13.7. The molecule has 0 fully saturated rings. The van der Waals surface area contributed by atoms with E-state index in [4.69, 9.17) is 5.11 Å². The number of carboxylic acids is 1. The highest BCUT2D eigenvalue weighted by atomic mass is 32.2. The second-order valence-electron chi connectivity index (χ2n) is 3.77. The van der Waals surface area contributed by atoms with Crippen LogP contribution >= 0.6 is 11.8 Å². The van der Waals surface area contributed by atoms with Crippen LogP contribution < -0.4 is 5.32 Å². The van der Waals surface area contributed by atoms with E-state index in [1.807, 2.05) is 30.5 Å². The Morgan fingerprint density at radius 1 is 1.47 bits per heavy atom. The van der Waals surface area contributed by atoms with Gasteiger partial charge in [-0.2, -0.15) is 0 Å². The average Bonchev–Trinajstić information content (AvgIpc) is 2.45. The number of thioether (sulfide) groups is 1. The van der Waals surface area contributed by atoms with Gasteiger partial charge in [0.05, 0.1) is 12.2 Å². The quantitative estimate of drug-likeness (QED) is 0.817. The number of nitrogens with one attached hydrogen (secondary N) is 1. The fourth-order valence-corrected chi connectivity index (χ4v) is 2.05.